The van der Waals surface area contributed by atoms with E-state index < -0.39 is 17.7 Å². The number of carboxylic acid groups (broad SMARTS) is 1. The van der Waals surface area contributed by atoms with Crippen LogP contribution < -0.4 is 9.47 Å². The Balaban J connectivity index is 1.42. The van der Waals surface area contributed by atoms with Gasteiger partial charge in [-0.25, -0.2) is 0 Å². The highest BCUT2D eigenvalue weighted by Gasteiger charge is 2.35. The van der Waals surface area contributed by atoms with E-state index in [0.717, 1.165) is 22.8 Å². The Morgan fingerprint density at radius 2 is 1.82 bits per heavy atom. The average molecular weight is 454 g/mol. The van der Waals surface area contributed by atoms with E-state index in [1.165, 1.54) is 12.1 Å². The zero-order chi connectivity index (χ0) is 23.2. The molecule has 4 nitrogen and oxygen atoms in total. The van der Waals surface area contributed by atoms with Gasteiger partial charge in [0.1, 0.15) is 17.6 Å². The van der Waals surface area contributed by atoms with Crippen LogP contribution in [0, 0.1) is 0 Å². The minimum absolute atomic E-state index is 0.00534. The molecule has 0 aromatic heterocycles. The lowest BCUT2D eigenvalue weighted by Crippen LogP contribution is -2.08. The largest absolute Gasteiger partial charge is 0.492 e. The molecule has 2 aliphatic rings. The first-order chi connectivity index (χ1) is 15.8. The van der Waals surface area contributed by atoms with E-state index in [0.29, 0.717) is 36.5 Å². The molecule has 170 valence electrons. The fraction of sp³-hybridized carbons (Fsp3) is 0.269. The lowest BCUT2D eigenvalue weighted by Gasteiger charge is -2.18. The highest BCUT2D eigenvalue weighted by Crippen LogP contribution is 2.45. The molecule has 2 atom stereocenters. The quantitative estimate of drug-likeness (QED) is 0.485. The number of benzene rings is 3. The predicted octanol–water partition coefficient (Wildman–Crippen LogP) is 6.39. The molecule has 3 aromatic carbocycles. The smallest absolute Gasteiger partial charge is 0.417 e. The van der Waals surface area contributed by atoms with Crippen molar-refractivity contribution in [2.75, 3.05) is 6.61 Å². The van der Waals surface area contributed by atoms with Gasteiger partial charge in [0.15, 0.2) is 0 Å². The topological polar surface area (TPSA) is 55.8 Å². The van der Waals surface area contributed by atoms with Crippen molar-refractivity contribution in [2.24, 2.45) is 0 Å². The molecule has 0 bridgehead atoms. The van der Waals surface area contributed by atoms with E-state index >= 15 is 0 Å². The molecule has 0 spiro atoms. The van der Waals surface area contributed by atoms with Crippen LogP contribution in [0.25, 0.3) is 11.1 Å². The molecular formula is C26H21F3O4. The van der Waals surface area contributed by atoms with E-state index in [1.807, 2.05) is 12.1 Å². The third-order valence-electron chi connectivity index (χ3n) is 6.30. The maximum Gasteiger partial charge on any atom is 0.417 e. The summed E-state index contributed by atoms with van der Waals surface area (Å²) < 4.78 is 52.6. The zero-order valence-electron chi connectivity index (χ0n) is 17.6. The number of carboxylic acids is 1. The molecule has 0 saturated heterocycles. The van der Waals surface area contributed by atoms with Gasteiger partial charge >= 0.3 is 12.1 Å². The molecule has 0 fully saturated rings. The lowest BCUT2D eigenvalue weighted by molar-refractivity contribution is -0.138. The van der Waals surface area contributed by atoms with Crippen LogP contribution in [-0.4, -0.2) is 17.7 Å². The van der Waals surface area contributed by atoms with Crippen LogP contribution >= 0.6 is 0 Å². The molecule has 5 rings (SSSR count). The van der Waals surface area contributed by atoms with Crippen molar-refractivity contribution in [3.8, 4) is 22.6 Å². The van der Waals surface area contributed by atoms with E-state index in [9.17, 15) is 18.0 Å². The van der Waals surface area contributed by atoms with Gasteiger partial charge in [0.25, 0.3) is 0 Å². The second-order valence-electron chi connectivity index (χ2n) is 8.37. The van der Waals surface area contributed by atoms with Crippen molar-refractivity contribution in [3.63, 3.8) is 0 Å². The van der Waals surface area contributed by atoms with Crippen LogP contribution in [0.5, 0.6) is 11.5 Å². The first-order valence-electron chi connectivity index (χ1n) is 10.7. The predicted molar refractivity (Wildman–Crippen MR) is 116 cm³/mol. The summed E-state index contributed by atoms with van der Waals surface area (Å²) in [5, 5.41) is 9.06. The van der Waals surface area contributed by atoms with E-state index in [-0.39, 0.29) is 24.0 Å². The number of halogens is 3. The van der Waals surface area contributed by atoms with Gasteiger partial charge in [-0.2, -0.15) is 13.2 Å². The maximum absolute atomic E-state index is 13.6. The molecular weight excluding hydrogens is 433 g/mol. The summed E-state index contributed by atoms with van der Waals surface area (Å²) in [6.45, 7) is 0.319. The van der Waals surface area contributed by atoms with Crippen molar-refractivity contribution in [1.29, 1.82) is 0 Å². The summed E-state index contributed by atoms with van der Waals surface area (Å²) in [6.07, 6.45) is -3.44. The first-order valence-corrected chi connectivity index (χ1v) is 10.7. The number of fused-ring (bicyclic) bond motifs is 2. The fourth-order valence-electron chi connectivity index (χ4n) is 4.83. The second-order valence-corrected chi connectivity index (χ2v) is 8.37. The third kappa shape index (κ3) is 4.03. The van der Waals surface area contributed by atoms with Gasteiger partial charge in [-0.05, 0) is 47.2 Å². The van der Waals surface area contributed by atoms with Gasteiger partial charge in [-0.3, -0.25) is 4.79 Å². The van der Waals surface area contributed by atoms with Crippen LogP contribution in [0.4, 0.5) is 13.2 Å². The van der Waals surface area contributed by atoms with E-state index in [4.69, 9.17) is 14.6 Å². The number of ether oxygens (including phenoxy) is 2. The van der Waals surface area contributed by atoms with E-state index in [1.54, 1.807) is 30.3 Å². The molecule has 0 unspecified atom stereocenters. The van der Waals surface area contributed by atoms with Crippen molar-refractivity contribution in [2.45, 2.75) is 37.5 Å². The standard InChI is InChI=1S/C26H21F3O4/c27-26(28,29)22-7-2-1-4-20(22)18-5-3-6-21-19(18)10-11-23(21)33-16-8-9-17-15(12-25(30)31)14-32-24(17)13-16/h1-9,13,15,23H,10-12,14H2,(H,30,31)/t15-,23-/m1/s1. The summed E-state index contributed by atoms with van der Waals surface area (Å²) in [4.78, 5) is 11.0. The second kappa shape index (κ2) is 8.14. The monoisotopic (exact) mass is 454 g/mol. The first kappa shape index (κ1) is 21.4. The Kier molecular flexibility index (Phi) is 5.27. The number of hydrogen-bond acceptors (Lipinski definition) is 3. The highest BCUT2D eigenvalue weighted by molar-refractivity contribution is 5.73. The van der Waals surface area contributed by atoms with Crippen LogP contribution in [0.2, 0.25) is 0 Å². The maximum atomic E-state index is 13.6. The van der Waals surface area contributed by atoms with Gasteiger partial charge in [-0.15, -0.1) is 0 Å². The Bertz CT molecular complexity index is 1220. The fourth-order valence-corrected chi connectivity index (χ4v) is 4.83. The van der Waals surface area contributed by atoms with E-state index in [2.05, 4.69) is 0 Å². The number of rotatable bonds is 5. The van der Waals surface area contributed by atoms with Gasteiger partial charge in [0.2, 0.25) is 0 Å². The summed E-state index contributed by atoms with van der Waals surface area (Å²) in [6, 6.07) is 16.4. The normalized spacial score (nSPS) is 19.0. The van der Waals surface area contributed by atoms with Gasteiger partial charge in [0.05, 0.1) is 18.6 Å². The van der Waals surface area contributed by atoms with Crippen molar-refractivity contribution >= 4 is 5.97 Å². The summed E-state index contributed by atoms with van der Waals surface area (Å²) in [7, 11) is 0. The van der Waals surface area contributed by atoms with Gasteiger partial charge < -0.3 is 14.6 Å². The molecule has 3 aromatic rings. The van der Waals surface area contributed by atoms with Crippen LogP contribution in [0.1, 0.15) is 47.1 Å². The molecule has 0 amide bonds. The van der Waals surface area contributed by atoms with Crippen molar-refractivity contribution < 1.29 is 32.5 Å². The molecule has 1 aliphatic heterocycles. The number of hydrogen-bond donors (Lipinski definition) is 1. The minimum atomic E-state index is -4.43. The SMILES string of the molecule is O=C(O)C[C@@H]1COc2cc(O[C@@H]3CCc4c(-c5ccccc5C(F)(F)F)cccc43)ccc21. The van der Waals surface area contributed by atoms with Gasteiger partial charge in [-0.1, -0.05) is 42.5 Å². The van der Waals surface area contributed by atoms with Crippen LogP contribution in [0.3, 0.4) is 0 Å². The highest BCUT2D eigenvalue weighted by atomic mass is 19.4. The Hall–Kier alpha value is -3.48. The molecule has 33 heavy (non-hydrogen) atoms. The number of carbonyl (C=O) groups is 1. The number of alkyl halides is 3. The molecule has 1 heterocycles. The Morgan fingerprint density at radius 1 is 1.03 bits per heavy atom. The third-order valence-corrected chi connectivity index (χ3v) is 6.30. The zero-order valence-corrected chi connectivity index (χ0v) is 17.6. The summed E-state index contributed by atoms with van der Waals surface area (Å²) in [5.74, 6) is 0.144. The average Bonchev–Trinajstić information content (AvgIpc) is 3.37. The molecule has 1 N–H and O–H groups in total. The molecule has 0 saturated carbocycles. The van der Waals surface area contributed by atoms with Crippen molar-refractivity contribution in [1.82, 2.24) is 0 Å². The Labute approximate surface area is 188 Å². The Morgan fingerprint density at radius 3 is 2.61 bits per heavy atom. The van der Waals surface area contributed by atoms with Crippen LogP contribution in [0.15, 0.2) is 60.7 Å². The summed E-state index contributed by atoms with van der Waals surface area (Å²) in [5.41, 5.74) is 2.73. The summed E-state index contributed by atoms with van der Waals surface area (Å²) >= 11 is 0. The van der Waals surface area contributed by atoms with Gasteiger partial charge in [0, 0.05) is 17.5 Å². The molecule has 7 heteroatoms. The lowest BCUT2D eigenvalue weighted by atomic mass is 9.93. The van der Waals surface area contributed by atoms with Crippen LogP contribution in [-0.2, 0) is 17.4 Å². The molecule has 1 aliphatic carbocycles. The van der Waals surface area contributed by atoms with Crippen molar-refractivity contribution in [3.05, 3.63) is 82.9 Å². The number of aliphatic carboxylic acids is 1. The minimum Gasteiger partial charge on any atom is -0.492 e. The molecule has 0 radical (unpaired) electrons.